The smallest absolute Gasteiger partial charge is 0.213 e. The Bertz CT molecular complexity index is 499. The predicted octanol–water partition coefficient (Wildman–Crippen LogP) is 2.51. The molecule has 0 spiro atoms. The maximum absolute atomic E-state index is 5.50. The van der Waals surface area contributed by atoms with E-state index in [1.54, 1.807) is 7.11 Å². The largest absolute Gasteiger partial charge is 0.478 e. The van der Waals surface area contributed by atoms with Gasteiger partial charge in [-0.1, -0.05) is 13.0 Å². The number of halogens is 1. The summed E-state index contributed by atoms with van der Waals surface area (Å²) < 4.78 is 10.6. The van der Waals surface area contributed by atoms with Crippen molar-refractivity contribution in [2.24, 2.45) is 4.99 Å². The van der Waals surface area contributed by atoms with E-state index in [-0.39, 0.29) is 24.0 Å². The summed E-state index contributed by atoms with van der Waals surface area (Å²) in [4.78, 5) is 11.2. The number of hydrogen-bond acceptors (Lipinski definition) is 5. The van der Waals surface area contributed by atoms with E-state index >= 15 is 0 Å². The molecule has 0 atom stereocenters. The number of nitrogens with one attached hydrogen (secondary N) is 2. The van der Waals surface area contributed by atoms with Crippen LogP contribution in [0.5, 0.6) is 5.88 Å². The molecule has 0 aliphatic carbocycles. The van der Waals surface area contributed by atoms with Gasteiger partial charge in [-0.05, 0) is 32.4 Å². The summed E-state index contributed by atoms with van der Waals surface area (Å²) in [6.45, 7) is 9.89. The summed E-state index contributed by atoms with van der Waals surface area (Å²) in [5.74, 6) is 1.49. The van der Waals surface area contributed by atoms with Crippen LogP contribution in [0, 0.1) is 0 Å². The van der Waals surface area contributed by atoms with Crippen LogP contribution in [0.2, 0.25) is 0 Å². The Labute approximate surface area is 181 Å². The molecule has 0 aliphatic heterocycles. The number of nitrogens with zero attached hydrogens (tertiary/aromatic N) is 3. The predicted molar refractivity (Wildman–Crippen MR) is 122 cm³/mol. The van der Waals surface area contributed by atoms with Gasteiger partial charge in [-0.15, -0.1) is 24.0 Å². The number of aliphatic imine (C=N–C) groups is 1. The lowest BCUT2D eigenvalue weighted by molar-refractivity contribution is 0.180. The number of ether oxygens (including phenoxy) is 2. The highest BCUT2D eigenvalue weighted by atomic mass is 127. The minimum absolute atomic E-state index is 0. The van der Waals surface area contributed by atoms with E-state index in [1.165, 1.54) is 0 Å². The molecule has 0 fully saturated rings. The fourth-order valence-electron chi connectivity index (χ4n) is 2.26. The molecule has 2 N–H and O–H groups in total. The number of rotatable bonds is 13. The summed E-state index contributed by atoms with van der Waals surface area (Å²) in [5, 5.41) is 6.65. The average molecular weight is 493 g/mol. The fourth-order valence-corrected chi connectivity index (χ4v) is 2.26. The molecule has 0 radical (unpaired) electrons. The van der Waals surface area contributed by atoms with Crippen molar-refractivity contribution in [3.63, 3.8) is 0 Å². The van der Waals surface area contributed by atoms with Crippen molar-refractivity contribution >= 4 is 29.9 Å². The summed E-state index contributed by atoms with van der Waals surface area (Å²) >= 11 is 0. The summed E-state index contributed by atoms with van der Waals surface area (Å²) in [7, 11) is 3.86. The lowest BCUT2D eigenvalue weighted by atomic mass is 10.3. The van der Waals surface area contributed by atoms with Gasteiger partial charge in [0.25, 0.3) is 0 Å². The molecule has 0 saturated carbocycles. The molecule has 0 bridgehead atoms. The van der Waals surface area contributed by atoms with Crippen LogP contribution in [0.25, 0.3) is 0 Å². The lowest BCUT2D eigenvalue weighted by Gasteiger charge is -2.18. The zero-order chi connectivity index (χ0) is 19.0. The molecule has 0 saturated heterocycles. The van der Waals surface area contributed by atoms with Gasteiger partial charge in [0.1, 0.15) is 0 Å². The standard InChI is InChI=1S/C19H35N5O2.HI/c1-5-13-26-18-9-8-17(15-22-18)16-23-19(20-6-2)21-10-12-24(3)11-7-14-25-4;/h8-9,15H,5-7,10-14,16H2,1-4H3,(H2,20,21,23);1H. The van der Waals surface area contributed by atoms with E-state index in [0.717, 1.165) is 57.2 Å². The number of methoxy groups -OCH3 is 1. The third kappa shape index (κ3) is 12.8. The van der Waals surface area contributed by atoms with Crippen molar-refractivity contribution in [3.8, 4) is 5.88 Å². The van der Waals surface area contributed by atoms with Crippen LogP contribution in [0.1, 0.15) is 32.3 Å². The molecule has 0 aliphatic rings. The Morgan fingerprint density at radius 3 is 2.63 bits per heavy atom. The van der Waals surface area contributed by atoms with E-state index in [4.69, 9.17) is 9.47 Å². The first-order valence-corrected chi connectivity index (χ1v) is 9.47. The second-order valence-electron chi connectivity index (χ2n) is 6.12. The fraction of sp³-hybridized carbons (Fsp3) is 0.684. The SMILES string of the molecule is CCCOc1ccc(CN=C(NCC)NCCN(C)CCCOC)cn1.I. The molecule has 1 rings (SSSR count). The second kappa shape index (κ2) is 17.0. The van der Waals surface area contributed by atoms with Crippen LogP contribution in [0.4, 0.5) is 0 Å². The van der Waals surface area contributed by atoms with Gasteiger partial charge < -0.3 is 25.0 Å². The minimum Gasteiger partial charge on any atom is -0.478 e. The number of hydrogen-bond donors (Lipinski definition) is 2. The number of likely N-dealkylation sites (N-methyl/N-ethyl adjacent to an activating group) is 1. The number of guanidine groups is 1. The Balaban J connectivity index is 0.00000676. The van der Waals surface area contributed by atoms with Gasteiger partial charge in [-0.25, -0.2) is 9.98 Å². The monoisotopic (exact) mass is 493 g/mol. The number of pyridine rings is 1. The van der Waals surface area contributed by atoms with Crippen molar-refractivity contribution in [2.75, 3.05) is 53.6 Å². The Hall–Kier alpha value is -1.13. The third-order valence-corrected chi connectivity index (χ3v) is 3.69. The van der Waals surface area contributed by atoms with Gasteiger partial charge >= 0.3 is 0 Å². The molecule has 0 unspecified atom stereocenters. The molecule has 1 aromatic heterocycles. The lowest BCUT2D eigenvalue weighted by Crippen LogP contribution is -2.41. The molecular weight excluding hydrogens is 457 g/mol. The summed E-state index contributed by atoms with van der Waals surface area (Å²) in [6.07, 6.45) is 3.85. The van der Waals surface area contributed by atoms with E-state index in [0.29, 0.717) is 19.0 Å². The first-order chi connectivity index (χ1) is 12.7. The summed E-state index contributed by atoms with van der Waals surface area (Å²) in [6, 6.07) is 3.91. The van der Waals surface area contributed by atoms with E-state index in [9.17, 15) is 0 Å². The van der Waals surface area contributed by atoms with Crippen LogP contribution in [-0.4, -0.2) is 69.4 Å². The Morgan fingerprint density at radius 2 is 2.00 bits per heavy atom. The van der Waals surface area contributed by atoms with E-state index < -0.39 is 0 Å². The molecule has 0 amide bonds. The van der Waals surface area contributed by atoms with Crippen LogP contribution in [0.15, 0.2) is 23.3 Å². The van der Waals surface area contributed by atoms with Gasteiger partial charge in [0.2, 0.25) is 5.88 Å². The van der Waals surface area contributed by atoms with Crippen LogP contribution >= 0.6 is 24.0 Å². The van der Waals surface area contributed by atoms with Crippen molar-refractivity contribution in [1.82, 2.24) is 20.5 Å². The summed E-state index contributed by atoms with van der Waals surface area (Å²) in [5.41, 5.74) is 1.06. The normalized spacial score (nSPS) is 11.2. The first kappa shape index (κ1) is 25.9. The topological polar surface area (TPSA) is 71.0 Å². The van der Waals surface area contributed by atoms with Crippen LogP contribution < -0.4 is 15.4 Å². The zero-order valence-electron chi connectivity index (χ0n) is 17.2. The highest BCUT2D eigenvalue weighted by Crippen LogP contribution is 2.08. The first-order valence-electron chi connectivity index (χ1n) is 9.47. The minimum atomic E-state index is 0. The van der Waals surface area contributed by atoms with Crippen LogP contribution in [-0.2, 0) is 11.3 Å². The molecule has 1 aromatic rings. The maximum Gasteiger partial charge on any atom is 0.213 e. The van der Waals surface area contributed by atoms with Gasteiger partial charge in [0.15, 0.2) is 5.96 Å². The van der Waals surface area contributed by atoms with Crippen molar-refractivity contribution < 1.29 is 9.47 Å². The van der Waals surface area contributed by atoms with Gasteiger partial charge in [0, 0.05) is 52.2 Å². The van der Waals surface area contributed by atoms with Crippen molar-refractivity contribution in [1.29, 1.82) is 0 Å². The van der Waals surface area contributed by atoms with Gasteiger partial charge in [0.05, 0.1) is 13.2 Å². The highest BCUT2D eigenvalue weighted by Gasteiger charge is 2.01. The molecule has 156 valence electrons. The maximum atomic E-state index is 5.50. The van der Waals surface area contributed by atoms with E-state index in [1.807, 2.05) is 18.3 Å². The molecular formula is C19H36IN5O2. The zero-order valence-corrected chi connectivity index (χ0v) is 19.5. The van der Waals surface area contributed by atoms with Crippen molar-refractivity contribution in [3.05, 3.63) is 23.9 Å². The number of aromatic nitrogens is 1. The van der Waals surface area contributed by atoms with Crippen LogP contribution in [0.3, 0.4) is 0 Å². The molecule has 1 heterocycles. The van der Waals surface area contributed by atoms with E-state index in [2.05, 4.69) is 46.4 Å². The quantitative estimate of drug-likeness (QED) is 0.191. The van der Waals surface area contributed by atoms with Gasteiger partial charge in [-0.3, -0.25) is 0 Å². The molecule has 7 nitrogen and oxygen atoms in total. The Kier molecular flexibility index (Phi) is 16.3. The Morgan fingerprint density at radius 1 is 1.19 bits per heavy atom. The highest BCUT2D eigenvalue weighted by molar-refractivity contribution is 14.0. The molecule has 27 heavy (non-hydrogen) atoms. The third-order valence-electron chi connectivity index (χ3n) is 3.69. The average Bonchev–Trinajstić information content (AvgIpc) is 2.65. The second-order valence-corrected chi connectivity index (χ2v) is 6.12. The molecule has 8 heteroatoms. The molecule has 0 aromatic carbocycles. The van der Waals surface area contributed by atoms with Gasteiger partial charge in [-0.2, -0.15) is 0 Å². The van der Waals surface area contributed by atoms with Crippen molar-refractivity contribution in [2.45, 2.75) is 33.2 Å².